The zero-order valence-electron chi connectivity index (χ0n) is 17.3. The van der Waals surface area contributed by atoms with Crippen LogP contribution in [0.4, 0.5) is 0 Å². The van der Waals surface area contributed by atoms with Gasteiger partial charge in [-0.3, -0.25) is 0 Å². The van der Waals surface area contributed by atoms with Crippen LogP contribution in [0.2, 0.25) is 0 Å². The molecule has 3 aromatic carbocycles. The molecule has 0 aliphatic carbocycles. The Morgan fingerprint density at radius 3 is 1.56 bits per heavy atom. The van der Waals surface area contributed by atoms with E-state index in [-0.39, 0.29) is 0 Å². The number of hydrogen-bond donors (Lipinski definition) is 0. The number of furan rings is 2. The van der Waals surface area contributed by atoms with Crippen molar-refractivity contribution in [2.45, 2.75) is 26.4 Å². The fourth-order valence-corrected chi connectivity index (χ4v) is 4.54. The van der Waals surface area contributed by atoms with Crippen molar-refractivity contribution in [2.75, 3.05) is 0 Å². The topological polar surface area (TPSA) is 57.6 Å². The predicted molar refractivity (Wildman–Crippen MR) is 122 cm³/mol. The van der Waals surface area contributed by atoms with Gasteiger partial charge < -0.3 is 18.3 Å². The lowest BCUT2D eigenvalue weighted by Crippen LogP contribution is -1.95. The average molecular weight is 421 g/mol. The van der Waals surface area contributed by atoms with E-state index in [9.17, 15) is 0 Å². The summed E-state index contributed by atoms with van der Waals surface area (Å²) in [4.78, 5) is 4.51. The molecule has 0 saturated carbocycles. The molecule has 0 atom stereocenters. The molecule has 3 aromatic heterocycles. The van der Waals surface area contributed by atoms with Crippen molar-refractivity contribution in [3.8, 4) is 0 Å². The first-order valence-corrected chi connectivity index (χ1v) is 10.7. The monoisotopic (exact) mass is 421 g/mol. The van der Waals surface area contributed by atoms with Gasteiger partial charge >= 0.3 is 0 Å². The zero-order chi connectivity index (χ0) is 21.1. The maximum Gasteiger partial charge on any atom is 0.227 e. The van der Waals surface area contributed by atoms with E-state index in [1.165, 1.54) is 0 Å². The van der Waals surface area contributed by atoms with Gasteiger partial charge in [0.2, 0.25) is 5.71 Å². The molecule has 32 heavy (non-hydrogen) atoms. The summed E-state index contributed by atoms with van der Waals surface area (Å²) in [7, 11) is 0. The Morgan fingerprint density at radius 2 is 0.969 bits per heavy atom. The number of fused-ring (bicyclic) bond motifs is 4. The molecule has 0 unspecified atom stereocenters. The van der Waals surface area contributed by atoms with Gasteiger partial charge in [-0.2, -0.15) is 0 Å². The lowest BCUT2D eigenvalue weighted by atomic mass is 10.1. The lowest BCUT2D eigenvalue weighted by Gasteiger charge is -2.07. The molecule has 1 aliphatic rings. The van der Waals surface area contributed by atoms with Crippen LogP contribution >= 0.6 is 0 Å². The first kappa shape index (κ1) is 18.0. The van der Waals surface area contributed by atoms with Crippen LogP contribution in [-0.2, 0) is 35.9 Å². The van der Waals surface area contributed by atoms with Crippen molar-refractivity contribution >= 4 is 44.0 Å². The smallest absolute Gasteiger partial charge is 0.227 e. The van der Waals surface area contributed by atoms with Crippen molar-refractivity contribution < 1.29 is 18.3 Å². The summed E-state index contributed by atoms with van der Waals surface area (Å²) in [6, 6.07) is 20.7. The lowest BCUT2D eigenvalue weighted by molar-refractivity contribution is 0.107. The van der Waals surface area contributed by atoms with Crippen LogP contribution in [0, 0.1) is 0 Å². The zero-order valence-corrected chi connectivity index (χ0v) is 17.3. The second-order valence-corrected chi connectivity index (χ2v) is 8.38. The fourth-order valence-electron chi connectivity index (χ4n) is 4.54. The van der Waals surface area contributed by atoms with Crippen LogP contribution in [0.15, 0.2) is 75.7 Å². The molecule has 0 radical (unpaired) electrons. The molecule has 0 spiro atoms. The quantitative estimate of drug-likeness (QED) is 0.276. The molecule has 0 N–H and O–H groups in total. The highest BCUT2D eigenvalue weighted by atomic mass is 16.5. The molecular formula is C27H19NO4. The maximum atomic E-state index is 6.06. The SMILES string of the molecule is c1cc2oc3ccc4cc3c2cc1COCc1ccc2oc3ncc(cc3c2c1)COC4. The van der Waals surface area contributed by atoms with Gasteiger partial charge in [0, 0.05) is 27.7 Å². The summed E-state index contributed by atoms with van der Waals surface area (Å²) in [5, 5.41) is 4.24. The molecular weight excluding hydrogens is 402 g/mol. The predicted octanol–water partition coefficient (Wildman–Crippen LogP) is 6.63. The van der Waals surface area contributed by atoms with E-state index in [4.69, 9.17) is 18.3 Å². The summed E-state index contributed by atoms with van der Waals surface area (Å²) >= 11 is 0. The third kappa shape index (κ3) is 2.90. The minimum atomic E-state index is 0.479. The Morgan fingerprint density at radius 1 is 0.500 bits per heavy atom. The van der Waals surface area contributed by atoms with Gasteiger partial charge in [-0.15, -0.1) is 0 Å². The minimum absolute atomic E-state index is 0.479. The molecule has 0 amide bonds. The minimum Gasteiger partial charge on any atom is -0.456 e. The summed E-state index contributed by atoms with van der Waals surface area (Å²) in [5.41, 5.74) is 7.57. The highest BCUT2D eigenvalue weighted by Crippen LogP contribution is 2.32. The van der Waals surface area contributed by atoms with Crippen LogP contribution in [0.25, 0.3) is 44.0 Å². The number of aromatic nitrogens is 1. The van der Waals surface area contributed by atoms with Crippen molar-refractivity contribution in [3.63, 3.8) is 0 Å². The normalized spacial score (nSPS) is 14.8. The summed E-state index contributed by atoms with van der Waals surface area (Å²) in [6.07, 6.45) is 1.82. The Labute approximate surface area is 183 Å². The third-order valence-corrected chi connectivity index (χ3v) is 6.12. The van der Waals surface area contributed by atoms with E-state index in [0.717, 1.165) is 60.5 Å². The standard InChI is InChI=1S/C27H19NO4/c1-4-24-20-7-16(1)12-29-13-18-3-6-26-22(9-18)23-10-19(11-28-27(23)32-26)15-30-14-17-2-5-25(31-24)21(20)8-17/h1-11H,12-15H2. The Bertz CT molecular complexity index is 1400. The average Bonchev–Trinajstić information content (AvgIpc) is 3.36. The molecule has 0 fully saturated rings. The number of hydrogen-bond acceptors (Lipinski definition) is 5. The Balaban J connectivity index is 1.35. The number of pyridine rings is 1. The van der Waals surface area contributed by atoms with E-state index >= 15 is 0 Å². The van der Waals surface area contributed by atoms with E-state index in [2.05, 4.69) is 41.4 Å². The van der Waals surface area contributed by atoms with Crippen molar-refractivity contribution in [3.05, 3.63) is 89.1 Å². The first-order valence-electron chi connectivity index (χ1n) is 10.7. The van der Waals surface area contributed by atoms with Crippen LogP contribution < -0.4 is 0 Å². The van der Waals surface area contributed by atoms with Gasteiger partial charge in [0.05, 0.1) is 26.4 Å². The number of benzene rings is 3. The molecule has 7 rings (SSSR count). The van der Waals surface area contributed by atoms with E-state index in [1.807, 2.05) is 30.5 Å². The van der Waals surface area contributed by atoms with Crippen LogP contribution in [0.1, 0.15) is 22.3 Å². The second-order valence-electron chi connectivity index (χ2n) is 8.38. The third-order valence-electron chi connectivity index (χ3n) is 6.12. The van der Waals surface area contributed by atoms with Crippen LogP contribution in [0.3, 0.4) is 0 Å². The molecule has 0 saturated heterocycles. The van der Waals surface area contributed by atoms with Gasteiger partial charge in [0.1, 0.15) is 16.7 Å². The van der Waals surface area contributed by atoms with E-state index in [1.54, 1.807) is 0 Å². The van der Waals surface area contributed by atoms with Gasteiger partial charge in [0.25, 0.3) is 0 Å². The van der Waals surface area contributed by atoms with Gasteiger partial charge in [0.15, 0.2) is 0 Å². The number of nitrogens with zero attached hydrogens (tertiary/aromatic N) is 1. The Hall–Kier alpha value is -3.67. The number of ether oxygens (including phenoxy) is 2. The van der Waals surface area contributed by atoms with E-state index in [0.29, 0.717) is 32.1 Å². The Kier molecular flexibility index (Phi) is 3.88. The highest BCUT2D eigenvalue weighted by molar-refractivity contribution is 6.05. The molecule has 1 aliphatic heterocycles. The summed E-state index contributed by atoms with van der Waals surface area (Å²) in [5.74, 6) is 0. The number of rotatable bonds is 0. The first-order chi connectivity index (χ1) is 15.8. The molecule has 5 heteroatoms. The maximum absolute atomic E-state index is 6.06. The van der Waals surface area contributed by atoms with Crippen molar-refractivity contribution in [1.29, 1.82) is 0 Å². The molecule has 5 nitrogen and oxygen atoms in total. The van der Waals surface area contributed by atoms with Crippen molar-refractivity contribution in [1.82, 2.24) is 4.98 Å². The fraction of sp³-hybridized carbons (Fsp3) is 0.148. The van der Waals surface area contributed by atoms with Crippen LogP contribution in [-0.4, -0.2) is 4.98 Å². The summed E-state index contributed by atoms with van der Waals surface area (Å²) in [6.45, 7) is 2.04. The van der Waals surface area contributed by atoms with Crippen molar-refractivity contribution in [2.24, 2.45) is 0 Å². The van der Waals surface area contributed by atoms with Crippen LogP contribution in [0.5, 0.6) is 0 Å². The van der Waals surface area contributed by atoms with E-state index < -0.39 is 0 Å². The van der Waals surface area contributed by atoms with Gasteiger partial charge in [-0.1, -0.05) is 18.2 Å². The molecule has 4 heterocycles. The second kappa shape index (κ2) is 6.92. The van der Waals surface area contributed by atoms with Gasteiger partial charge in [-0.05, 0) is 64.7 Å². The molecule has 8 bridgehead atoms. The van der Waals surface area contributed by atoms with Gasteiger partial charge in [-0.25, -0.2) is 4.98 Å². The molecule has 156 valence electrons. The highest BCUT2D eigenvalue weighted by Gasteiger charge is 2.12. The largest absolute Gasteiger partial charge is 0.456 e. The summed E-state index contributed by atoms with van der Waals surface area (Å²) < 4.78 is 24.1. The molecule has 6 aromatic rings.